The topological polar surface area (TPSA) is 79.5 Å². The van der Waals surface area contributed by atoms with Gasteiger partial charge in [-0.25, -0.2) is 9.18 Å². The van der Waals surface area contributed by atoms with Crippen molar-refractivity contribution in [3.63, 3.8) is 0 Å². The third kappa shape index (κ3) is 7.15. The Bertz CT molecular complexity index is 815. The molecule has 2 amide bonds. The number of ether oxygens (including phenoxy) is 1. The summed E-state index contributed by atoms with van der Waals surface area (Å²) in [5, 5.41) is 8.28. The molecule has 0 aliphatic carbocycles. The van der Waals surface area contributed by atoms with E-state index in [0.717, 1.165) is 0 Å². The quantitative estimate of drug-likeness (QED) is 0.635. The van der Waals surface area contributed by atoms with Crippen LogP contribution in [0.4, 0.5) is 26.2 Å². The number of amides is 2. The summed E-state index contributed by atoms with van der Waals surface area (Å²) in [6.07, 6.45) is -0.546. The number of carbonyl (C=O) groups excluding carboxylic acids is 2. The summed E-state index contributed by atoms with van der Waals surface area (Å²) in [6.45, 7) is 4.12. The molecule has 0 fully saturated rings. The summed E-state index contributed by atoms with van der Waals surface area (Å²) < 4.78 is 18.7. The van der Waals surface area contributed by atoms with Crippen LogP contribution in [0, 0.1) is 11.7 Å². The van der Waals surface area contributed by atoms with Crippen molar-refractivity contribution in [3.8, 4) is 0 Å². The lowest BCUT2D eigenvalue weighted by Crippen LogP contribution is -2.22. The third-order valence-electron chi connectivity index (χ3n) is 3.31. The van der Waals surface area contributed by atoms with Gasteiger partial charge in [0.1, 0.15) is 5.82 Å². The lowest BCUT2D eigenvalue weighted by atomic mass is 10.2. The zero-order valence-corrected chi connectivity index (χ0v) is 15.8. The molecule has 0 aromatic heterocycles. The number of hydrogen-bond acceptors (Lipinski definition) is 4. The summed E-state index contributed by atoms with van der Waals surface area (Å²) in [4.78, 5) is 23.7. The van der Waals surface area contributed by atoms with E-state index in [-0.39, 0.29) is 18.2 Å². The molecule has 6 nitrogen and oxygen atoms in total. The Morgan fingerprint density at radius 1 is 1.11 bits per heavy atom. The number of nitrogens with one attached hydrogen (secondary N) is 3. The lowest BCUT2D eigenvalue weighted by Gasteiger charge is -2.11. The molecule has 0 saturated carbocycles. The van der Waals surface area contributed by atoms with Crippen molar-refractivity contribution in [1.82, 2.24) is 0 Å². The summed E-state index contributed by atoms with van der Waals surface area (Å²) in [7, 11) is 0. The predicted octanol–water partition coefficient (Wildman–Crippen LogP) is 4.73. The Hall–Kier alpha value is -2.80. The van der Waals surface area contributed by atoms with Crippen LogP contribution in [0.25, 0.3) is 0 Å². The Morgan fingerprint density at radius 3 is 2.59 bits per heavy atom. The van der Waals surface area contributed by atoms with Crippen molar-refractivity contribution in [2.24, 2.45) is 5.92 Å². The standard InChI is InChI=1S/C19H21ClFN3O3/c1-12(2)11-27-19(26)23-15-5-3-4-14(9-15)22-10-18(25)24-17-8-13(20)6-7-16(17)21/h3-9,12,22H,10-11H2,1-2H3,(H,23,26)(H,24,25). The van der Waals surface area contributed by atoms with Gasteiger partial charge in [0.15, 0.2) is 0 Å². The Morgan fingerprint density at radius 2 is 1.85 bits per heavy atom. The normalized spacial score (nSPS) is 10.4. The van der Waals surface area contributed by atoms with E-state index in [4.69, 9.17) is 16.3 Å². The highest BCUT2D eigenvalue weighted by Gasteiger charge is 2.09. The van der Waals surface area contributed by atoms with Gasteiger partial charge >= 0.3 is 6.09 Å². The molecule has 8 heteroatoms. The molecule has 0 saturated heterocycles. The molecule has 144 valence electrons. The molecule has 0 bridgehead atoms. The summed E-state index contributed by atoms with van der Waals surface area (Å²) >= 11 is 5.79. The largest absolute Gasteiger partial charge is 0.449 e. The van der Waals surface area contributed by atoms with Gasteiger partial charge in [0, 0.05) is 16.4 Å². The van der Waals surface area contributed by atoms with Crippen molar-refractivity contribution in [2.75, 3.05) is 29.1 Å². The Balaban J connectivity index is 1.87. The Labute approximate surface area is 162 Å². The fourth-order valence-corrected chi connectivity index (χ4v) is 2.25. The first kappa shape index (κ1) is 20.5. The second-order valence-electron chi connectivity index (χ2n) is 6.22. The van der Waals surface area contributed by atoms with Gasteiger partial charge in [0.05, 0.1) is 18.8 Å². The number of carbonyl (C=O) groups is 2. The van der Waals surface area contributed by atoms with E-state index in [1.165, 1.54) is 18.2 Å². The van der Waals surface area contributed by atoms with Crippen LogP contribution < -0.4 is 16.0 Å². The van der Waals surface area contributed by atoms with Crippen molar-refractivity contribution < 1.29 is 18.7 Å². The van der Waals surface area contributed by atoms with E-state index in [9.17, 15) is 14.0 Å². The fraction of sp³-hybridized carbons (Fsp3) is 0.263. The molecular formula is C19H21ClFN3O3. The highest BCUT2D eigenvalue weighted by atomic mass is 35.5. The van der Waals surface area contributed by atoms with Crippen LogP contribution >= 0.6 is 11.6 Å². The van der Waals surface area contributed by atoms with E-state index in [1.807, 2.05) is 13.8 Å². The second kappa shape index (κ2) is 9.78. The van der Waals surface area contributed by atoms with Crippen LogP contribution in [0.1, 0.15) is 13.8 Å². The van der Waals surface area contributed by atoms with Gasteiger partial charge in [0.2, 0.25) is 5.91 Å². The van der Waals surface area contributed by atoms with Crippen LogP contribution in [-0.4, -0.2) is 25.2 Å². The maximum Gasteiger partial charge on any atom is 0.411 e. The van der Waals surface area contributed by atoms with Gasteiger partial charge in [0.25, 0.3) is 0 Å². The molecule has 0 heterocycles. The van der Waals surface area contributed by atoms with Crippen molar-refractivity contribution in [3.05, 3.63) is 53.3 Å². The molecule has 27 heavy (non-hydrogen) atoms. The van der Waals surface area contributed by atoms with Crippen LogP contribution in [0.2, 0.25) is 5.02 Å². The fourth-order valence-electron chi connectivity index (χ4n) is 2.07. The van der Waals surface area contributed by atoms with Gasteiger partial charge in [-0.05, 0) is 42.3 Å². The van der Waals surface area contributed by atoms with Gasteiger partial charge in [-0.15, -0.1) is 0 Å². The molecule has 2 aromatic carbocycles. The van der Waals surface area contributed by atoms with Crippen LogP contribution in [0.15, 0.2) is 42.5 Å². The first-order valence-corrected chi connectivity index (χ1v) is 8.74. The summed E-state index contributed by atoms with van der Waals surface area (Å²) in [5.41, 5.74) is 1.14. The van der Waals surface area contributed by atoms with Gasteiger partial charge in [-0.2, -0.15) is 0 Å². The minimum atomic E-state index is -0.571. The average Bonchev–Trinajstić information content (AvgIpc) is 2.62. The van der Waals surface area contributed by atoms with Crippen molar-refractivity contribution >= 4 is 40.7 Å². The van der Waals surface area contributed by atoms with Crippen LogP contribution in [0.5, 0.6) is 0 Å². The maximum absolute atomic E-state index is 13.6. The average molecular weight is 394 g/mol. The lowest BCUT2D eigenvalue weighted by molar-refractivity contribution is -0.114. The highest BCUT2D eigenvalue weighted by molar-refractivity contribution is 6.30. The number of rotatable bonds is 7. The van der Waals surface area contributed by atoms with Gasteiger partial charge < -0.3 is 15.4 Å². The molecule has 0 aliphatic rings. The van der Waals surface area contributed by atoms with E-state index in [0.29, 0.717) is 23.0 Å². The predicted molar refractivity (Wildman–Crippen MR) is 105 cm³/mol. The number of benzene rings is 2. The molecular weight excluding hydrogens is 373 g/mol. The number of hydrogen-bond donors (Lipinski definition) is 3. The second-order valence-corrected chi connectivity index (χ2v) is 6.66. The smallest absolute Gasteiger partial charge is 0.411 e. The Kier molecular flexibility index (Phi) is 7.43. The van der Waals surface area contributed by atoms with E-state index in [2.05, 4.69) is 16.0 Å². The summed E-state index contributed by atoms with van der Waals surface area (Å²) in [6, 6.07) is 10.7. The molecule has 2 rings (SSSR count). The first-order chi connectivity index (χ1) is 12.8. The maximum atomic E-state index is 13.6. The number of anilines is 3. The van der Waals surface area contributed by atoms with E-state index in [1.54, 1.807) is 24.3 Å². The minimum absolute atomic E-state index is 0.0117. The molecule has 0 aliphatic heterocycles. The molecule has 0 atom stereocenters. The molecule has 0 radical (unpaired) electrons. The molecule has 0 spiro atoms. The van der Waals surface area contributed by atoms with Crippen LogP contribution in [0.3, 0.4) is 0 Å². The molecule has 2 aromatic rings. The zero-order chi connectivity index (χ0) is 19.8. The zero-order valence-electron chi connectivity index (χ0n) is 15.0. The molecule has 0 unspecified atom stereocenters. The van der Waals surface area contributed by atoms with Gasteiger partial charge in [-0.3, -0.25) is 10.1 Å². The van der Waals surface area contributed by atoms with E-state index >= 15 is 0 Å². The third-order valence-corrected chi connectivity index (χ3v) is 3.55. The monoisotopic (exact) mass is 393 g/mol. The first-order valence-electron chi connectivity index (χ1n) is 8.36. The minimum Gasteiger partial charge on any atom is -0.449 e. The SMILES string of the molecule is CC(C)COC(=O)Nc1cccc(NCC(=O)Nc2cc(Cl)ccc2F)c1. The highest BCUT2D eigenvalue weighted by Crippen LogP contribution is 2.20. The van der Waals surface area contributed by atoms with Crippen molar-refractivity contribution in [1.29, 1.82) is 0 Å². The van der Waals surface area contributed by atoms with Crippen LogP contribution in [-0.2, 0) is 9.53 Å². The van der Waals surface area contributed by atoms with Gasteiger partial charge in [-0.1, -0.05) is 31.5 Å². The molecule has 3 N–H and O–H groups in total. The number of halogens is 2. The van der Waals surface area contributed by atoms with Crippen molar-refractivity contribution in [2.45, 2.75) is 13.8 Å². The summed E-state index contributed by atoms with van der Waals surface area (Å²) in [5.74, 6) is -0.767. The van der Waals surface area contributed by atoms with E-state index < -0.39 is 17.8 Å².